The lowest BCUT2D eigenvalue weighted by molar-refractivity contribution is -0.145. The zero-order valence-corrected chi connectivity index (χ0v) is 11.6. The standard InChI is InChI=1S/C13H18N2O5/c1-8(16)14-15-13(2,12(18)19)7-9-4-5-10(17)11(6-9)20-3/h4-6,15,17H,7H2,1-3H3,(H,14,16)(H,18,19). The van der Waals surface area contributed by atoms with Crippen molar-refractivity contribution in [3.8, 4) is 11.5 Å². The first-order valence-electron chi connectivity index (χ1n) is 5.91. The molecule has 20 heavy (non-hydrogen) atoms. The monoisotopic (exact) mass is 282 g/mol. The Morgan fingerprint density at radius 1 is 1.40 bits per heavy atom. The molecule has 0 spiro atoms. The minimum atomic E-state index is -1.38. The highest BCUT2D eigenvalue weighted by molar-refractivity contribution is 5.80. The van der Waals surface area contributed by atoms with Crippen molar-refractivity contribution < 1.29 is 24.5 Å². The second kappa shape index (κ2) is 6.25. The highest BCUT2D eigenvalue weighted by Gasteiger charge is 2.33. The van der Waals surface area contributed by atoms with E-state index in [0.29, 0.717) is 5.56 Å². The van der Waals surface area contributed by atoms with E-state index in [-0.39, 0.29) is 23.8 Å². The molecule has 1 unspecified atom stereocenters. The van der Waals surface area contributed by atoms with Gasteiger partial charge in [-0.1, -0.05) is 6.07 Å². The first kappa shape index (κ1) is 15.8. The van der Waals surface area contributed by atoms with Gasteiger partial charge in [-0.15, -0.1) is 0 Å². The number of benzene rings is 1. The van der Waals surface area contributed by atoms with Crippen molar-refractivity contribution in [3.05, 3.63) is 23.8 Å². The predicted octanol–water partition coefficient (Wildman–Crippen LogP) is 0.427. The smallest absolute Gasteiger partial charge is 0.325 e. The zero-order valence-electron chi connectivity index (χ0n) is 11.6. The maximum absolute atomic E-state index is 11.4. The van der Waals surface area contributed by atoms with Crippen LogP contribution >= 0.6 is 0 Å². The first-order valence-corrected chi connectivity index (χ1v) is 5.91. The van der Waals surface area contributed by atoms with E-state index >= 15 is 0 Å². The average Bonchev–Trinajstić information content (AvgIpc) is 2.38. The van der Waals surface area contributed by atoms with E-state index in [4.69, 9.17) is 4.74 Å². The third-order valence-corrected chi connectivity index (χ3v) is 2.79. The molecule has 0 fully saturated rings. The van der Waals surface area contributed by atoms with Gasteiger partial charge < -0.3 is 14.9 Å². The molecule has 4 N–H and O–H groups in total. The molecule has 0 saturated heterocycles. The third kappa shape index (κ3) is 3.86. The van der Waals surface area contributed by atoms with Gasteiger partial charge >= 0.3 is 5.97 Å². The van der Waals surface area contributed by atoms with Crippen LogP contribution in [0.4, 0.5) is 0 Å². The number of rotatable bonds is 6. The fraction of sp³-hybridized carbons (Fsp3) is 0.385. The van der Waals surface area contributed by atoms with Gasteiger partial charge in [-0.25, -0.2) is 5.43 Å². The van der Waals surface area contributed by atoms with Crippen LogP contribution in [0.3, 0.4) is 0 Å². The maximum atomic E-state index is 11.4. The van der Waals surface area contributed by atoms with Gasteiger partial charge in [0.05, 0.1) is 7.11 Å². The number of phenolic OH excluding ortho intramolecular Hbond substituents is 1. The maximum Gasteiger partial charge on any atom is 0.325 e. The molecule has 1 amide bonds. The van der Waals surface area contributed by atoms with Gasteiger partial charge in [0, 0.05) is 13.3 Å². The summed E-state index contributed by atoms with van der Waals surface area (Å²) in [6, 6.07) is 4.56. The Morgan fingerprint density at radius 3 is 2.55 bits per heavy atom. The van der Waals surface area contributed by atoms with E-state index in [1.54, 1.807) is 12.1 Å². The number of aromatic hydroxyl groups is 1. The fourth-order valence-corrected chi connectivity index (χ4v) is 1.64. The second-order valence-corrected chi connectivity index (χ2v) is 4.63. The van der Waals surface area contributed by atoms with Crippen LogP contribution in [0, 0.1) is 0 Å². The summed E-state index contributed by atoms with van der Waals surface area (Å²) in [4.78, 5) is 22.3. The summed E-state index contributed by atoms with van der Waals surface area (Å²) in [7, 11) is 1.41. The lowest BCUT2D eigenvalue weighted by Gasteiger charge is -2.26. The molecule has 0 saturated carbocycles. The second-order valence-electron chi connectivity index (χ2n) is 4.63. The molecule has 7 nitrogen and oxygen atoms in total. The summed E-state index contributed by atoms with van der Waals surface area (Å²) in [6.45, 7) is 2.73. The molecule has 0 heterocycles. The van der Waals surface area contributed by atoms with Crippen LogP contribution in [0.25, 0.3) is 0 Å². The highest BCUT2D eigenvalue weighted by Crippen LogP contribution is 2.27. The number of nitrogens with one attached hydrogen (secondary N) is 2. The number of hydrazine groups is 1. The Bertz CT molecular complexity index is 517. The normalized spacial score (nSPS) is 13.3. The highest BCUT2D eigenvalue weighted by atomic mass is 16.5. The van der Waals surface area contributed by atoms with Crippen molar-refractivity contribution >= 4 is 11.9 Å². The Morgan fingerprint density at radius 2 is 2.05 bits per heavy atom. The number of hydrogen-bond acceptors (Lipinski definition) is 5. The van der Waals surface area contributed by atoms with E-state index in [2.05, 4.69) is 10.9 Å². The number of carbonyl (C=O) groups is 2. The summed E-state index contributed by atoms with van der Waals surface area (Å²) in [5.41, 5.74) is 4.03. The lowest BCUT2D eigenvalue weighted by Crippen LogP contribution is -2.58. The number of ether oxygens (including phenoxy) is 1. The molecule has 0 aliphatic carbocycles. The van der Waals surface area contributed by atoms with E-state index < -0.39 is 11.5 Å². The molecule has 1 aromatic rings. The van der Waals surface area contributed by atoms with Crippen LogP contribution in [0.2, 0.25) is 0 Å². The molecular formula is C13H18N2O5. The van der Waals surface area contributed by atoms with Crippen molar-refractivity contribution in [2.24, 2.45) is 0 Å². The van der Waals surface area contributed by atoms with Crippen molar-refractivity contribution in [1.29, 1.82) is 0 Å². The number of carboxylic acids is 1. The summed E-state index contributed by atoms with van der Waals surface area (Å²) in [6.07, 6.45) is 0.0965. The number of hydrogen-bond donors (Lipinski definition) is 4. The number of carboxylic acid groups (broad SMARTS) is 1. The van der Waals surface area contributed by atoms with Gasteiger partial charge in [0.15, 0.2) is 11.5 Å². The molecule has 0 aliphatic heterocycles. The van der Waals surface area contributed by atoms with Crippen LogP contribution in [0.15, 0.2) is 18.2 Å². The fourth-order valence-electron chi connectivity index (χ4n) is 1.64. The Kier molecular flexibility index (Phi) is 4.93. The van der Waals surface area contributed by atoms with Gasteiger partial charge in [0.1, 0.15) is 5.54 Å². The van der Waals surface area contributed by atoms with Crippen LogP contribution in [0.1, 0.15) is 19.4 Å². The molecule has 0 radical (unpaired) electrons. The third-order valence-electron chi connectivity index (χ3n) is 2.79. The van der Waals surface area contributed by atoms with E-state index in [1.165, 1.54) is 27.0 Å². The van der Waals surface area contributed by atoms with Crippen LogP contribution in [0.5, 0.6) is 11.5 Å². The number of phenols is 1. The number of carbonyl (C=O) groups excluding carboxylic acids is 1. The molecule has 1 aromatic carbocycles. The van der Waals surface area contributed by atoms with Crippen molar-refractivity contribution in [2.45, 2.75) is 25.8 Å². The van der Waals surface area contributed by atoms with Crippen molar-refractivity contribution in [1.82, 2.24) is 10.9 Å². The first-order chi connectivity index (χ1) is 9.28. The number of methoxy groups -OCH3 is 1. The molecule has 1 rings (SSSR count). The van der Waals surface area contributed by atoms with Crippen LogP contribution in [-0.4, -0.2) is 34.7 Å². The minimum Gasteiger partial charge on any atom is -0.504 e. The van der Waals surface area contributed by atoms with Gasteiger partial charge in [0.2, 0.25) is 5.91 Å². The summed E-state index contributed by atoms with van der Waals surface area (Å²) < 4.78 is 4.97. The average molecular weight is 282 g/mol. The van der Waals surface area contributed by atoms with E-state index in [1.807, 2.05) is 0 Å². The van der Waals surface area contributed by atoms with Gasteiger partial charge in [0.25, 0.3) is 0 Å². The van der Waals surface area contributed by atoms with Gasteiger partial charge in [-0.05, 0) is 24.6 Å². The summed E-state index contributed by atoms with van der Waals surface area (Å²) in [5, 5.41) is 18.8. The SMILES string of the molecule is COc1cc(CC(C)(NNC(C)=O)C(=O)O)ccc1O. The van der Waals surface area contributed by atoms with E-state index in [9.17, 15) is 19.8 Å². The largest absolute Gasteiger partial charge is 0.504 e. The molecule has 1 atom stereocenters. The Hall–Kier alpha value is -2.28. The summed E-state index contributed by atoms with van der Waals surface area (Å²) >= 11 is 0. The minimum absolute atomic E-state index is 0.0249. The summed E-state index contributed by atoms with van der Waals surface area (Å²) in [5.74, 6) is -1.27. The van der Waals surface area contributed by atoms with Crippen molar-refractivity contribution in [3.63, 3.8) is 0 Å². The molecule has 0 aliphatic rings. The molecule has 110 valence electrons. The number of amides is 1. The van der Waals surface area contributed by atoms with Gasteiger partial charge in [-0.3, -0.25) is 15.0 Å². The molecule has 7 heteroatoms. The predicted molar refractivity (Wildman–Crippen MR) is 71.4 cm³/mol. The Labute approximate surface area is 116 Å². The quantitative estimate of drug-likeness (QED) is 0.563. The Balaban J connectivity index is 2.95. The van der Waals surface area contributed by atoms with Crippen LogP contribution < -0.4 is 15.6 Å². The number of aliphatic carboxylic acids is 1. The molecule has 0 bridgehead atoms. The van der Waals surface area contributed by atoms with E-state index in [0.717, 1.165) is 0 Å². The molecule has 0 aromatic heterocycles. The van der Waals surface area contributed by atoms with Gasteiger partial charge in [-0.2, -0.15) is 0 Å². The topological polar surface area (TPSA) is 108 Å². The zero-order chi connectivity index (χ0) is 15.3. The van der Waals surface area contributed by atoms with Crippen LogP contribution in [-0.2, 0) is 16.0 Å². The lowest BCUT2D eigenvalue weighted by atomic mass is 9.93. The molecular weight excluding hydrogens is 264 g/mol. The van der Waals surface area contributed by atoms with Crippen molar-refractivity contribution in [2.75, 3.05) is 7.11 Å².